The number of rotatable bonds is 3. The van der Waals surface area contributed by atoms with Crippen molar-refractivity contribution < 1.29 is 9.63 Å². The number of aromatic amines is 1. The van der Waals surface area contributed by atoms with Gasteiger partial charge in [-0.05, 0) is 28.9 Å². The van der Waals surface area contributed by atoms with Crippen LogP contribution in [0.3, 0.4) is 0 Å². The summed E-state index contributed by atoms with van der Waals surface area (Å²) in [5.41, 5.74) is 2.82. The molecule has 0 saturated heterocycles. The van der Waals surface area contributed by atoms with Crippen LogP contribution in [0.15, 0.2) is 16.9 Å². The predicted molar refractivity (Wildman–Crippen MR) is 47.6 cm³/mol. The molecular formula is C7H9BrN2O2. The molecule has 1 aromatic heterocycles. The van der Waals surface area contributed by atoms with Gasteiger partial charge >= 0.3 is 0 Å². The Morgan fingerprint density at radius 1 is 1.83 bits per heavy atom. The first-order valence-electron chi connectivity index (χ1n) is 3.50. The van der Waals surface area contributed by atoms with Gasteiger partial charge in [0.05, 0.1) is 16.8 Å². The summed E-state index contributed by atoms with van der Waals surface area (Å²) in [6, 6.07) is 1.67. The Bertz CT molecular complexity index is 272. The molecule has 66 valence electrons. The lowest BCUT2D eigenvalue weighted by Gasteiger charge is -1.99. The number of hydroxylamine groups is 1. The highest BCUT2D eigenvalue weighted by Gasteiger charge is 2.05. The van der Waals surface area contributed by atoms with Crippen LogP contribution in [0.4, 0.5) is 0 Å². The Morgan fingerprint density at radius 2 is 2.58 bits per heavy atom. The van der Waals surface area contributed by atoms with E-state index in [1.54, 1.807) is 19.2 Å². The molecule has 0 fully saturated rings. The van der Waals surface area contributed by atoms with Crippen molar-refractivity contribution in [2.45, 2.75) is 6.92 Å². The van der Waals surface area contributed by atoms with E-state index in [0.29, 0.717) is 12.2 Å². The molecule has 1 aromatic rings. The minimum Gasteiger partial charge on any atom is -0.355 e. The molecule has 12 heavy (non-hydrogen) atoms. The average Bonchev–Trinajstić information content (AvgIpc) is 2.47. The summed E-state index contributed by atoms with van der Waals surface area (Å²) in [4.78, 5) is 18.7. The Hall–Kier alpha value is -0.810. The van der Waals surface area contributed by atoms with Crippen LogP contribution in [0, 0.1) is 0 Å². The molecule has 1 amide bonds. The number of amides is 1. The summed E-state index contributed by atoms with van der Waals surface area (Å²) >= 11 is 3.19. The first-order valence-corrected chi connectivity index (χ1v) is 4.29. The quantitative estimate of drug-likeness (QED) is 0.776. The van der Waals surface area contributed by atoms with Gasteiger partial charge in [0.1, 0.15) is 0 Å². The van der Waals surface area contributed by atoms with E-state index in [9.17, 15) is 4.79 Å². The third-order valence-corrected chi connectivity index (χ3v) is 1.68. The van der Waals surface area contributed by atoms with E-state index in [4.69, 9.17) is 4.84 Å². The molecule has 0 aliphatic heterocycles. The molecule has 4 nitrogen and oxygen atoms in total. The van der Waals surface area contributed by atoms with Crippen molar-refractivity contribution >= 4 is 21.8 Å². The number of nitrogens with one attached hydrogen (secondary N) is 2. The summed E-state index contributed by atoms with van der Waals surface area (Å²) in [6.45, 7) is 2.25. The first-order chi connectivity index (χ1) is 5.74. The second kappa shape index (κ2) is 4.27. The van der Waals surface area contributed by atoms with Crippen LogP contribution in [0.1, 0.15) is 17.3 Å². The van der Waals surface area contributed by atoms with E-state index in [1.807, 2.05) is 0 Å². The van der Waals surface area contributed by atoms with Gasteiger partial charge in [0.2, 0.25) is 0 Å². The number of aromatic nitrogens is 1. The number of H-pyrrole nitrogens is 1. The molecule has 0 aromatic carbocycles. The second-order valence-corrected chi connectivity index (χ2v) is 2.95. The zero-order valence-corrected chi connectivity index (χ0v) is 8.14. The molecule has 0 unspecified atom stereocenters. The SMILES string of the molecule is CCONC(=O)c1c[nH]c(Br)c1. The maximum Gasteiger partial charge on any atom is 0.276 e. The number of hydrogen-bond donors (Lipinski definition) is 2. The molecule has 2 N–H and O–H groups in total. The van der Waals surface area contributed by atoms with Crippen molar-refractivity contribution in [3.8, 4) is 0 Å². The molecule has 0 aliphatic carbocycles. The summed E-state index contributed by atoms with van der Waals surface area (Å²) in [5.74, 6) is -0.251. The van der Waals surface area contributed by atoms with E-state index in [0.717, 1.165) is 4.60 Å². The minimum absolute atomic E-state index is 0.251. The summed E-state index contributed by atoms with van der Waals surface area (Å²) < 4.78 is 0.768. The fraction of sp³-hybridized carbons (Fsp3) is 0.286. The topological polar surface area (TPSA) is 54.1 Å². The molecule has 0 atom stereocenters. The maximum absolute atomic E-state index is 11.1. The molecule has 0 bridgehead atoms. The van der Waals surface area contributed by atoms with Crippen molar-refractivity contribution in [1.29, 1.82) is 0 Å². The molecule has 0 aliphatic rings. The number of hydrogen-bond acceptors (Lipinski definition) is 2. The third-order valence-electron chi connectivity index (χ3n) is 1.22. The van der Waals surface area contributed by atoms with Crippen LogP contribution < -0.4 is 5.48 Å². The normalized spacial score (nSPS) is 9.83. The zero-order chi connectivity index (χ0) is 8.97. The van der Waals surface area contributed by atoms with Gasteiger partial charge in [-0.2, -0.15) is 0 Å². The third kappa shape index (κ3) is 2.35. The highest BCUT2D eigenvalue weighted by atomic mass is 79.9. The van der Waals surface area contributed by atoms with Gasteiger partial charge in [0.25, 0.3) is 5.91 Å². The average molecular weight is 233 g/mol. The molecule has 0 radical (unpaired) electrons. The summed E-state index contributed by atoms with van der Waals surface area (Å²) in [7, 11) is 0. The predicted octanol–water partition coefficient (Wildman–Crippen LogP) is 1.46. The van der Waals surface area contributed by atoms with Gasteiger partial charge in [-0.15, -0.1) is 0 Å². The first kappa shape index (κ1) is 9.28. The van der Waals surface area contributed by atoms with Crippen molar-refractivity contribution in [3.05, 3.63) is 22.4 Å². The fourth-order valence-corrected chi connectivity index (χ4v) is 1.06. The lowest BCUT2D eigenvalue weighted by Crippen LogP contribution is -2.22. The number of carbonyl (C=O) groups excluding carboxylic acids is 1. The van der Waals surface area contributed by atoms with Crippen LogP contribution >= 0.6 is 15.9 Å². The monoisotopic (exact) mass is 232 g/mol. The van der Waals surface area contributed by atoms with E-state index >= 15 is 0 Å². The highest BCUT2D eigenvalue weighted by molar-refractivity contribution is 9.10. The van der Waals surface area contributed by atoms with E-state index in [2.05, 4.69) is 26.4 Å². The van der Waals surface area contributed by atoms with Gasteiger partial charge in [-0.3, -0.25) is 9.63 Å². The van der Waals surface area contributed by atoms with Gasteiger partial charge in [-0.25, -0.2) is 5.48 Å². The van der Waals surface area contributed by atoms with Crippen LogP contribution in [0.5, 0.6) is 0 Å². The van der Waals surface area contributed by atoms with Gasteiger partial charge < -0.3 is 4.98 Å². The highest BCUT2D eigenvalue weighted by Crippen LogP contribution is 2.09. The summed E-state index contributed by atoms with van der Waals surface area (Å²) in [6.07, 6.45) is 1.60. The Morgan fingerprint density at radius 3 is 3.08 bits per heavy atom. The maximum atomic E-state index is 11.1. The number of halogens is 1. The molecule has 1 rings (SSSR count). The van der Waals surface area contributed by atoms with Gasteiger partial charge in [0.15, 0.2) is 0 Å². The molecule has 5 heteroatoms. The van der Waals surface area contributed by atoms with Gasteiger partial charge in [0, 0.05) is 6.20 Å². The Labute approximate surface area is 78.4 Å². The van der Waals surface area contributed by atoms with Crippen molar-refractivity contribution in [1.82, 2.24) is 10.5 Å². The van der Waals surface area contributed by atoms with Gasteiger partial charge in [-0.1, -0.05) is 0 Å². The van der Waals surface area contributed by atoms with Crippen LogP contribution in [0.2, 0.25) is 0 Å². The smallest absolute Gasteiger partial charge is 0.276 e. The minimum atomic E-state index is -0.251. The Kier molecular flexibility index (Phi) is 3.31. The van der Waals surface area contributed by atoms with Crippen molar-refractivity contribution in [2.24, 2.45) is 0 Å². The van der Waals surface area contributed by atoms with Crippen LogP contribution in [0.25, 0.3) is 0 Å². The lowest BCUT2D eigenvalue weighted by atomic mass is 10.3. The van der Waals surface area contributed by atoms with Crippen LogP contribution in [-0.4, -0.2) is 17.5 Å². The van der Waals surface area contributed by atoms with E-state index < -0.39 is 0 Å². The largest absolute Gasteiger partial charge is 0.355 e. The molecule has 1 heterocycles. The molecule has 0 saturated carbocycles. The van der Waals surface area contributed by atoms with Crippen molar-refractivity contribution in [3.63, 3.8) is 0 Å². The van der Waals surface area contributed by atoms with Crippen molar-refractivity contribution in [2.75, 3.05) is 6.61 Å². The van der Waals surface area contributed by atoms with Crippen LogP contribution in [-0.2, 0) is 4.84 Å². The molecule has 0 spiro atoms. The van der Waals surface area contributed by atoms with E-state index in [1.165, 1.54) is 0 Å². The number of carbonyl (C=O) groups is 1. The Balaban J connectivity index is 2.53. The lowest BCUT2D eigenvalue weighted by molar-refractivity contribution is 0.0364. The molecular weight excluding hydrogens is 224 g/mol. The second-order valence-electron chi connectivity index (χ2n) is 2.10. The summed E-state index contributed by atoms with van der Waals surface area (Å²) in [5, 5.41) is 0. The zero-order valence-electron chi connectivity index (χ0n) is 6.56. The van der Waals surface area contributed by atoms with E-state index in [-0.39, 0.29) is 5.91 Å². The standard InChI is InChI=1S/C7H9BrN2O2/c1-2-12-10-7(11)5-3-6(8)9-4-5/h3-4,9H,2H2,1H3,(H,10,11). The fourth-order valence-electron chi connectivity index (χ4n) is 0.694.